The fraction of sp³-hybridized carbons (Fsp3) is 0.115. The molecule has 1 saturated heterocycles. The molecule has 172 valence electrons. The molecule has 1 fully saturated rings. The van der Waals surface area contributed by atoms with Gasteiger partial charge in [0.2, 0.25) is 0 Å². The Morgan fingerprint density at radius 3 is 2.38 bits per heavy atom. The summed E-state index contributed by atoms with van der Waals surface area (Å²) in [6.45, 7) is 2.08. The van der Waals surface area contributed by atoms with Gasteiger partial charge in [-0.1, -0.05) is 47.5 Å². The Morgan fingerprint density at radius 2 is 1.71 bits per heavy atom. The summed E-state index contributed by atoms with van der Waals surface area (Å²) < 4.78 is 10.9. The van der Waals surface area contributed by atoms with Crippen molar-refractivity contribution in [2.24, 2.45) is 0 Å². The lowest BCUT2D eigenvalue weighted by atomic mass is 10.1. The zero-order valence-corrected chi connectivity index (χ0v) is 20.0. The maximum atomic E-state index is 12.9. The molecule has 0 bridgehead atoms. The van der Waals surface area contributed by atoms with Gasteiger partial charge in [0.25, 0.3) is 11.1 Å². The van der Waals surface area contributed by atoms with Crippen molar-refractivity contribution in [3.63, 3.8) is 0 Å². The Bertz CT molecular complexity index is 1290. The molecule has 1 aliphatic heterocycles. The number of thioether (sulfide) groups is 1. The Balaban J connectivity index is 1.54. The van der Waals surface area contributed by atoms with Crippen molar-refractivity contribution in [3.05, 3.63) is 98.9 Å². The van der Waals surface area contributed by atoms with Gasteiger partial charge in [-0.25, -0.2) is 4.79 Å². The number of hydrogen-bond donors (Lipinski definition) is 0. The number of esters is 1. The molecule has 0 radical (unpaired) electrons. The lowest BCUT2D eigenvalue weighted by molar-refractivity contribution is -0.123. The highest BCUT2D eigenvalue weighted by molar-refractivity contribution is 8.18. The predicted octanol–water partition coefficient (Wildman–Crippen LogP) is 6.11. The summed E-state index contributed by atoms with van der Waals surface area (Å²) in [5.74, 6) is -0.339. The second kappa shape index (κ2) is 10.2. The van der Waals surface area contributed by atoms with Crippen molar-refractivity contribution in [2.45, 2.75) is 13.5 Å². The minimum atomic E-state index is -0.529. The Labute approximate surface area is 206 Å². The van der Waals surface area contributed by atoms with Crippen LogP contribution in [0.1, 0.15) is 27.0 Å². The number of carbonyl (C=O) groups excluding carboxylic acids is 3. The van der Waals surface area contributed by atoms with Crippen LogP contribution in [0.5, 0.6) is 11.5 Å². The van der Waals surface area contributed by atoms with E-state index < -0.39 is 5.97 Å². The third-order valence-electron chi connectivity index (χ3n) is 5.10. The van der Waals surface area contributed by atoms with E-state index in [1.165, 1.54) is 12.0 Å². The standard InChI is InChI=1S/C26H20ClNO5S/c1-16-3-8-19(9-4-16)25(30)33-22-13-18(7-12-21(22)32-2)14-23-24(29)28(26(31)34-23)15-17-5-10-20(27)11-6-17/h3-14H,15H2,1-2H3/b23-14-. The second-order valence-electron chi connectivity index (χ2n) is 7.56. The molecule has 3 aromatic rings. The molecule has 0 aliphatic carbocycles. The van der Waals surface area contributed by atoms with E-state index in [0.717, 1.165) is 22.9 Å². The van der Waals surface area contributed by atoms with Crippen molar-refractivity contribution >= 4 is 46.6 Å². The van der Waals surface area contributed by atoms with Crippen LogP contribution in [-0.2, 0) is 11.3 Å². The van der Waals surface area contributed by atoms with E-state index in [-0.39, 0.29) is 28.3 Å². The number of carbonyl (C=O) groups is 3. The molecule has 1 aliphatic rings. The summed E-state index contributed by atoms with van der Waals surface area (Å²) in [5, 5.41) is 0.224. The van der Waals surface area contributed by atoms with Gasteiger partial charge < -0.3 is 9.47 Å². The normalized spacial score (nSPS) is 14.6. The quantitative estimate of drug-likeness (QED) is 0.234. The van der Waals surface area contributed by atoms with Crippen molar-refractivity contribution in [3.8, 4) is 11.5 Å². The van der Waals surface area contributed by atoms with Crippen molar-refractivity contribution in [2.75, 3.05) is 7.11 Å². The summed E-state index contributed by atoms with van der Waals surface area (Å²) in [5.41, 5.74) is 2.81. The molecule has 2 amide bonds. The van der Waals surface area contributed by atoms with E-state index in [2.05, 4.69) is 0 Å². The van der Waals surface area contributed by atoms with Crippen LogP contribution in [0.4, 0.5) is 4.79 Å². The first-order valence-corrected chi connectivity index (χ1v) is 11.5. The second-order valence-corrected chi connectivity index (χ2v) is 8.99. The predicted molar refractivity (Wildman–Crippen MR) is 132 cm³/mol. The molecule has 4 rings (SSSR count). The third-order valence-corrected chi connectivity index (χ3v) is 6.26. The van der Waals surface area contributed by atoms with Crippen LogP contribution in [0.3, 0.4) is 0 Å². The lowest BCUT2D eigenvalue weighted by Crippen LogP contribution is -2.27. The van der Waals surface area contributed by atoms with Gasteiger partial charge in [0.05, 0.1) is 24.1 Å². The molecule has 0 saturated carbocycles. The SMILES string of the molecule is COc1ccc(/C=C2\SC(=O)N(Cc3ccc(Cl)cc3)C2=O)cc1OC(=O)c1ccc(C)cc1. The highest BCUT2D eigenvalue weighted by Gasteiger charge is 2.35. The molecule has 1 heterocycles. The molecular formula is C26H20ClNO5S. The average Bonchev–Trinajstić information content (AvgIpc) is 3.08. The minimum absolute atomic E-state index is 0.154. The van der Waals surface area contributed by atoms with Crippen molar-refractivity contribution < 1.29 is 23.9 Å². The summed E-state index contributed by atoms with van der Waals surface area (Å²) >= 11 is 6.77. The third kappa shape index (κ3) is 5.32. The molecule has 0 aromatic heterocycles. The summed E-state index contributed by atoms with van der Waals surface area (Å²) in [7, 11) is 1.47. The molecule has 0 atom stereocenters. The smallest absolute Gasteiger partial charge is 0.343 e. The zero-order chi connectivity index (χ0) is 24.2. The van der Waals surface area contributed by atoms with Gasteiger partial charge >= 0.3 is 5.97 Å². The maximum absolute atomic E-state index is 12.9. The van der Waals surface area contributed by atoms with Crippen LogP contribution in [0.25, 0.3) is 6.08 Å². The largest absolute Gasteiger partial charge is 0.493 e. The fourth-order valence-corrected chi connectivity index (χ4v) is 4.24. The number of imide groups is 1. The molecule has 34 heavy (non-hydrogen) atoms. The van der Waals surface area contributed by atoms with E-state index in [9.17, 15) is 14.4 Å². The number of methoxy groups -OCH3 is 1. The Hall–Kier alpha value is -3.55. The van der Waals surface area contributed by atoms with Crippen LogP contribution >= 0.6 is 23.4 Å². The summed E-state index contributed by atoms with van der Waals surface area (Å²) in [6.07, 6.45) is 1.59. The number of hydrogen-bond acceptors (Lipinski definition) is 6. The monoisotopic (exact) mass is 493 g/mol. The molecule has 6 nitrogen and oxygen atoms in total. The molecule has 3 aromatic carbocycles. The van der Waals surface area contributed by atoms with Gasteiger partial charge in [0.1, 0.15) is 0 Å². The summed E-state index contributed by atoms with van der Waals surface area (Å²) in [6, 6.07) is 18.9. The summed E-state index contributed by atoms with van der Waals surface area (Å²) in [4.78, 5) is 39.4. The van der Waals surface area contributed by atoms with E-state index in [1.807, 2.05) is 19.1 Å². The van der Waals surface area contributed by atoms with Gasteiger partial charge in [-0.15, -0.1) is 0 Å². The number of rotatable bonds is 6. The highest BCUT2D eigenvalue weighted by atomic mass is 35.5. The maximum Gasteiger partial charge on any atom is 0.343 e. The van der Waals surface area contributed by atoms with Crippen LogP contribution in [0.15, 0.2) is 71.6 Å². The molecule has 0 N–H and O–H groups in total. The van der Waals surface area contributed by atoms with E-state index >= 15 is 0 Å². The van der Waals surface area contributed by atoms with Gasteiger partial charge in [0.15, 0.2) is 11.5 Å². The first-order valence-electron chi connectivity index (χ1n) is 10.3. The number of halogens is 1. The molecule has 0 unspecified atom stereocenters. The van der Waals surface area contributed by atoms with Crippen molar-refractivity contribution in [1.29, 1.82) is 0 Å². The Morgan fingerprint density at radius 1 is 1.00 bits per heavy atom. The van der Waals surface area contributed by atoms with Gasteiger partial charge in [-0.3, -0.25) is 14.5 Å². The zero-order valence-electron chi connectivity index (χ0n) is 18.4. The van der Waals surface area contributed by atoms with Crippen molar-refractivity contribution in [1.82, 2.24) is 4.90 Å². The van der Waals surface area contributed by atoms with Crippen LogP contribution < -0.4 is 9.47 Å². The molecule has 0 spiro atoms. The van der Waals surface area contributed by atoms with E-state index in [0.29, 0.717) is 21.9 Å². The number of aryl methyl sites for hydroxylation is 1. The minimum Gasteiger partial charge on any atom is -0.493 e. The number of ether oxygens (including phenoxy) is 2. The van der Waals surface area contributed by atoms with Crippen LogP contribution in [0, 0.1) is 6.92 Å². The molecular weight excluding hydrogens is 474 g/mol. The molecule has 8 heteroatoms. The number of amides is 2. The number of nitrogens with zero attached hydrogens (tertiary/aromatic N) is 1. The number of benzene rings is 3. The van der Waals surface area contributed by atoms with Crippen LogP contribution in [0.2, 0.25) is 5.02 Å². The highest BCUT2D eigenvalue weighted by Crippen LogP contribution is 2.35. The Kier molecular flexibility index (Phi) is 7.05. The fourth-order valence-electron chi connectivity index (χ4n) is 3.27. The first kappa shape index (κ1) is 23.6. The van der Waals surface area contributed by atoms with Crippen LogP contribution in [-0.4, -0.2) is 29.1 Å². The van der Waals surface area contributed by atoms with E-state index in [4.69, 9.17) is 21.1 Å². The lowest BCUT2D eigenvalue weighted by Gasteiger charge is -2.12. The van der Waals surface area contributed by atoms with E-state index in [1.54, 1.807) is 60.7 Å². The first-order chi connectivity index (χ1) is 16.3. The van der Waals surface area contributed by atoms with Gasteiger partial charge in [-0.2, -0.15) is 0 Å². The van der Waals surface area contributed by atoms with Gasteiger partial charge in [0, 0.05) is 5.02 Å². The topological polar surface area (TPSA) is 72.9 Å². The average molecular weight is 494 g/mol. The van der Waals surface area contributed by atoms with Gasteiger partial charge in [-0.05, 0) is 72.3 Å².